The number of rotatable bonds is 3. The van der Waals surface area contributed by atoms with Crippen molar-refractivity contribution in [2.45, 2.75) is 25.7 Å². The van der Waals surface area contributed by atoms with Gasteiger partial charge in [0, 0.05) is 17.5 Å². The minimum atomic E-state index is -0.699. The number of hydrogen-bond acceptors (Lipinski definition) is 4. The molecule has 1 fully saturated rings. The molecular weight excluding hydrogens is 261 g/mol. The lowest BCUT2D eigenvalue weighted by atomic mass is 10.0. The Morgan fingerprint density at radius 3 is 2.80 bits per heavy atom. The standard InChI is InChI=1S/C15H14FNO3/c1-8-5-12(16)11(15(18)19-2)6-10(8)13-7-14(20-17-13)9-3-4-9/h5-7,9H,3-4H2,1-2H3. The normalized spacial score (nSPS) is 14.3. The summed E-state index contributed by atoms with van der Waals surface area (Å²) in [6, 6.07) is 4.64. The van der Waals surface area contributed by atoms with Crippen molar-refractivity contribution < 1.29 is 18.4 Å². The molecule has 0 radical (unpaired) electrons. The highest BCUT2D eigenvalue weighted by Crippen LogP contribution is 2.41. The molecule has 0 N–H and O–H groups in total. The summed E-state index contributed by atoms with van der Waals surface area (Å²) in [5.74, 6) is 0.0131. The first kappa shape index (κ1) is 12.8. The molecule has 0 saturated heterocycles. The topological polar surface area (TPSA) is 52.3 Å². The Bertz CT molecular complexity index is 674. The molecule has 1 aromatic heterocycles. The van der Waals surface area contributed by atoms with Crippen LogP contribution in [0.1, 0.15) is 40.4 Å². The summed E-state index contributed by atoms with van der Waals surface area (Å²) in [5, 5.41) is 4.01. The van der Waals surface area contributed by atoms with Crippen LogP contribution >= 0.6 is 0 Å². The van der Waals surface area contributed by atoms with Crippen LogP contribution in [0.4, 0.5) is 4.39 Å². The third kappa shape index (κ3) is 2.19. The van der Waals surface area contributed by atoms with E-state index in [0.29, 0.717) is 22.7 Å². The van der Waals surface area contributed by atoms with Crippen LogP contribution in [0.5, 0.6) is 0 Å². The quantitative estimate of drug-likeness (QED) is 0.805. The van der Waals surface area contributed by atoms with Crippen molar-refractivity contribution in [3.8, 4) is 11.3 Å². The molecule has 0 spiro atoms. The van der Waals surface area contributed by atoms with Crippen LogP contribution in [0.25, 0.3) is 11.3 Å². The number of carbonyl (C=O) groups excluding carboxylic acids is 1. The van der Waals surface area contributed by atoms with Gasteiger partial charge in [0.05, 0.1) is 12.7 Å². The number of halogens is 1. The monoisotopic (exact) mass is 275 g/mol. The number of aryl methyl sites for hydroxylation is 1. The van der Waals surface area contributed by atoms with Crippen molar-refractivity contribution in [2.75, 3.05) is 7.11 Å². The number of aromatic nitrogens is 1. The highest BCUT2D eigenvalue weighted by Gasteiger charge is 2.28. The van der Waals surface area contributed by atoms with Gasteiger partial charge < -0.3 is 9.26 Å². The molecule has 2 aromatic rings. The minimum Gasteiger partial charge on any atom is -0.465 e. The SMILES string of the molecule is COC(=O)c1cc(-c2cc(C3CC3)on2)c(C)cc1F. The molecule has 20 heavy (non-hydrogen) atoms. The molecule has 0 aliphatic heterocycles. The van der Waals surface area contributed by atoms with Crippen LogP contribution in [0.3, 0.4) is 0 Å². The van der Waals surface area contributed by atoms with Crippen molar-refractivity contribution in [3.05, 3.63) is 40.9 Å². The summed E-state index contributed by atoms with van der Waals surface area (Å²) in [7, 11) is 1.22. The van der Waals surface area contributed by atoms with Crippen LogP contribution < -0.4 is 0 Å². The average Bonchev–Trinajstić information content (AvgIpc) is 3.17. The fourth-order valence-electron chi connectivity index (χ4n) is 2.19. The van der Waals surface area contributed by atoms with Gasteiger partial charge in [-0.1, -0.05) is 5.16 Å². The maximum Gasteiger partial charge on any atom is 0.340 e. The van der Waals surface area contributed by atoms with Crippen LogP contribution in [0, 0.1) is 12.7 Å². The summed E-state index contributed by atoms with van der Waals surface area (Å²) in [5.41, 5.74) is 1.91. The van der Waals surface area contributed by atoms with Crippen molar-refractivity contribution in [2.24, 2.45) is 0 Å². The second-order valence-electron chi connectivity index (χ2n) is 5.03. The van der Waals surface area contributed by atoms with E-state index in [4.69, 9.17) is 4.52 Å². The van der Waals surface area contributed by atoms with E-state index in [9.17, 15) is 9.18 Å². The smallest absolute Gasteiger partial charge is 0.340 e. The van der Waals surface area contributed by atoms with Crippen molar-refractivity contribution in [1.82, 2.24) is 5.16 Å². The molecule has 0 atom stereocenters. The average molecular weight is 275 g/mol. The molecule has 1 aliphatic rings. The first-order valence-electron chi connectivity index (χ1n) is 6.45. The molecule has 3 rings (SSSR count). The predicted octanol–water partition coefficient (Wildman–Crippen LogP) is 3.45. The van der Waals surface area contributed by atoms with Crippen molar-refractivity contribution >= 4 is 5.97 Å². The second-order valence-corrected chi connectivity index (χ2v) is 5.03. The zero-order valence-electron chi connectivity index (χ0n) is 11.3. The van der Waals surface area contributed by atoms with Gasteiger partial charge in [-0.2, -0.15) is 0 Å². The largest absolute Gasteiger partial charge is 0.465 e. The Kier molecular flexibility index (Phi) is 3.04. The molecule has 4 nitrogen and oxygen atoms in total. The zero-order chi connectivity index (χ0) is 14.3. The lowest BCUT2D eigenvalue weighted by Crippen LogP contribution is -2.05. The Labute approximate surface area is 115 Å². The number of ether oxygens (including phenoxy) is 1. The van der Waals surface area contributed by atoms with Gasteiger partial charge in [-0.25, -0.2) is 9.18 Å². The van der Waals surface area contributed by atoms with Crippen LogP contribution in [-0.2, 0) is 4.74 Å². The minimum absolute atomic E-state index is 0.0935. The Hall–Kier alpha value is -2.17. The molecule has 0 bridgehead atoms. The van der Waals surface area contributed by atoms with Gasteiger partial charge in [0.15, 0.2) is 0 Å². The number of methoxy groups -OCH3 is 1. The maximum absolute atomic E-state index is 13.8. The molecule has 1 heterocycles. The van der Waals surface area contributed by atoms with Crippen LogP contribution in [0.2, 0.25) is 0 Å². The first-order valence-corrected chi connectivity index (χ1v) is 6.45. The highest BCUT2D eigenvalue weighted by molar-refractivity contribution is 5.91. The summed E-state index contributed by atoms with van der Waals surface area (Å²) in [4.78, 5) is 11.5. The van der Waals surface area contributed by atoms with E-state index in [0.717, 1.165) is 18.6 Å². The van der Waals surface area contributed by atoms with Gasteiger partial charge in [0.25, 0.3) is 0 Å². The Morgan fingerprint density at radius 2 is 2.15 bits per heavy atom. The van der Waals surface area contributed by atoms with Gasteiger partial charge in [-0.05, 0) is 37.5 Å². The number of benzene rings is 1. The molecule has 1 aromatic carbocycles. The van der Waals surface area contributed by atoms with Gasteiger partial charge in [0.1, 0.15) is 17.3 Å². The summed E-state index contributed by atoms with van der Waals surface area (Å²) in [6.07, 6.45) is 2.23. The molecule has 1 saturated carbocycles. The van der Waals surface area contributed by atoms with E-state index in [1.807, 2.05) is 6.07 Å². The van der Waals surface area contributed by atoms with Crippen LogP contribution in [-0.4, -0.2) is 18.2 Å². The van der Waals surface area contributed by atoms with Crippen molar-refractivity contribution in [3.63, 3.8) is 0 Å². The fraction of sp³-hybridized carbons (Fsp3) is 0.333. The fourth-order valence-corrected chi connectivity index (χ4v) is 2.19. The van der Waals surface area contributed by atoms with Gasteiger partial charge in [-0.3, -0.25) is 0 Å². The lowest BCUT2D eigenvalue weighted by Gasteiger charge is -2.06. The molecule has 5 heteroatoms. The summed E-state index contributed by atoms with van der Waals surface area (Å²) >= 11 is 0. The van der Waals surface area contributed by atoms with E-state index in [1.54, 1.807) is 6.92 Å². The van der Waals surface area contributed by atoms with E-state index in [-0.39, 0.29) is 5.56 Å². The highest BCUT2D eigenvalue weighted by atomic mass is 19.1. The van der Waals surface area contributed by atoms with Gasteiger partial charge in [0.2, 0.25) is 0 Å². The molecule has 104 valence electrons. The van der Waals surface area contributed by atoms with E-state index in [2.05, 4.69) is 9.89 Å². The molecule has 0 amide bonds. The third-order valence-electron chi connectivity index (χ3n) is 3.50. The van der Waals surface area contributed by atoms with E-state index < -0.39 is 11.8 Å². The molecular formula is C15H14FNO3. The molecule has 1 aliphatic carbocycles. The van der Waals surface area contributed by atoms with Gasteiger partial charge >= 0.3 is 5.97 Å². The maximum atomic E-state index is 13.8. The first-order chi connectivity index (χ1) is 9.60. The zero-order valence-corrected chi connectivity index (χ0v) is 11.3. The predicted molar refractivity (Wildman–Crippen MR) is 69.9 cm³/mol. The van der Waals surface area contributed by atoms with Gasteiger partial charge in [-0.15, -0.1) is 0 Å². The number of carbonyl (C=O) groups is 1. The summed E-state index contributed by atoms with van der Waals surface area (Å²) < 4.78 is 23.7. The Morgan fingerprint density at radius 1 is 1.40 bits per heavy atom. The van der Waals surface area contributed by atoms with E-state index >= 15 is 0 Å². The number of hydrogen-bond donors (Lipinski definition) is 0. The van der Waals surface area contributed by atoms with E-state index in [1.165, 1.54) is 19.2 Å². The summed E-state index contributed by atoms with van der Waals surface area (Å²) in [6.45, 7) is 1.77. The Balaban J connectivity index is 2.04. The van der Waals surface area contributed by atoms with Crippen molar-refractivity contribution in [1.29, 1.82) is 0 Å². The number of nitrogens with zero attached hydrogens (tertiary/aromatic N) is 1. The number of esters is 1. The van der Waals surface area contributed by atoms with Crippen LogP contribution in [0.15, 0.2) is 22.7 Å². The third-order valence-corrected chi connectivity index (χ3v) is 3.50. The second kappa shape index (κ2) is 4.74. The lowest BCUT2D eigenvalue weighted by molar-refractivity contribution is 0.0595. The molecule has 0 unspecified atom stereocenters.